The molecule has 3 fully saturated rings. The molecule has 2 saturated carbocycles. The fraction of sp³-hybridized carbons (Fsp3) is 0.867. The van der Waals surface area contributed by atoms with Crippen LogP contribution in [0.4, 0.5) is 0 Å². The molecule has 0 amide bonds. The first-order valence-corrected chi connectivity index (χ1v) is 6.78. The van der Waals surface area contributed by atoms with Gasteiger partial charge < -0.3 is 4.74 Å². The lowest BCUT2D eigenvalue weighted by atomic mass is 9.52. The molecule has 0 spiro atoms. The van der Waals surface area contributed by atoms with E-state index < -0.39 is 0 Å². The minimum absolute atomic E-state index is 0.223. The molecule has 1 heterocycles. The Hall–Kier alpha value is -0.300. The molecule has 1 nitrogen and oxygen atoms in total. The molecule has 4 atom stereocenters. The third-order valence-corrected chi connectivity index (χ3v) is 5.47. The van der Waals surface area contributed by atoms with Crippen molar-refractivity contribution in [3.63, 3.8) is 0 Å². The zero-order chi connectivity index (χ0) is 11.6. The van der Waals surface area contributed by atoms with Crippen molar-refractivity contribution in [3.05, 3.63) is 12.2 Å². The highest BCUT2D eigenvalue weighted by Crippen LogP contribution is 2.59. The van der Waals surface area contributed by atoms with Gasteiger partial charge in [-0.15, -0.1) is 0 Å². The smallest absolute Gasteiger partial charge is 0.0920 e. The highest BCUT2D eigenvalue weighted by Gasteiger charge is 2.55. The van der Waals surface area contributed by atoms with E-state index in [2.05, 4.69) is 27.4 Å². The molecule has 3 aliphatic rings. The lowest BCUT2D eigenvalue weighted by Crippen LogP contribution is -2.44. The summed E-state index contributed by atoms with van der Waals surface area (Å²) in [6.07, 6.45) is 6.89. The van der Waals surface area contributed by atoms with Crippen molar-refractivity contribution < 1.29 is 4.74 Å². The van der Waals surface area contributed by atoms with Gasteiger partial charge in [-0.05, 0) is 56.3 Å². The topological polar surface area (TPSA) is 12.5 Å². The Bertz CT molecular complexity index is 330. The van der Waals surface area contributed by atoms with Crippen LogP contribution in [0.3, 0.4) is 0 Å². The van der Waals surface area contributed by atoms with E-state index in [-0.39, 0.29) is 5.60 Å². The van der Waals surface area contributed by atoms with E-state index in [9.17, 15) is 0 Å². The van der Waals surface area contributed by atoms with Crippen molar-refractivity contribution in [2.75, 3.05) is 0 Å². The molecule has 1 heteroatoms. The molecule has 1 saturated heterocycles. The number of hydrogen-bond acceptors (Lipinski definition) is 1. The van der Waals surface area contributed by atoms with Gasteiger partial charge in [-0.3, -0.25) is 0 Å². The van der Waals surface area contributed by atoms with E-state index in [1.165, 1.54) is 37.7 Å². The molecule has 0 aromatic carbocycles. The predicted molar refractivity (Wildman–Crippen MR) is 66.3 cm³/mol. The van der Waals surface area contributed by atoms with Gasteiger partial charge in [0.05, 0.1) is 11.7 Å². The molecule has 0 aromatic heterocycles. The lowest BCUT2D eigenvalue weighted by Gasteiger charge is -2.53. The van der Waals surface area contributed by atoms with Crippen LogP contribution in [0.25, 0.3) is 0 Å². The fourth-order valence-corrected chi connectivity index (χ4v) is 4.08. The van der Waals surface area contributed by atoms with E-state index >= 15 is 0 Å². The van der Waals surface area contributed by atoms with E-state index in [1.54, 1.807) is 0 Å². The summed E-state index contributed by atoms with van der Waals surface area (Å²) in [5.41, 5.74) is 2.27. The van der Waals surface area contributed by atoms with Crippen LogP contribution in [0.1, 0.15) is 52.9 Å². The number of allylic oxidation sites excluding steroid dienone is 1. The van der Waals surface area contributed by atoms with Crippen molar-refractivity contribution in [1.29, 1.82) is 0 Å². The van der Waals surface area contributed by atoms with E-state index in [1.807, 2.05) is 0 Å². The molecule has 0 aromatic rings. The zero-order valence-electron chi connectivity index (χ0n) is 10.9. The van der Waals surface area contributed by atoms with Crippen LogP contribution >= 0.6 is 0 Å². The van der Waals surface area contributed by atoms with Crippen molar-refractivity contribution in [1.82, 2.24) is 0 Å². The molecule has 0 unspecified atom stereocenters. The van der Waals surface area contributed by atoms with Crippen molar-refractivity contribution in [2.45, 2.75) is 64.6 Å². The first-order valence-electron chi connectivity index (χ1n) is 6.78. The molecule has 16 heavy (non-hydrogen) atoms. The summed E-state index contributed by atoms with van der Waals surface area (Å²) in [6.45, 7) is 11.5. The summed E-state index contributed by atoms with van der Waals surface area (Å²) >= 11 is 0. The van der Waals surface area contributed by atoms with E-state index in [0.717, 1.165) is 11.8 Å². The predicted octanol–water partition coefficient (Wildman–Crippen LogP) is 3.94. The number of rotatable bonds is 0. The molecule has 0 radical (unpaired) electrons. The summed E-state index contributed by atoms with van der Waals surface area (Å²) in [5.74, 6) is 1.68. The van der Waals surface area contributed by atoms with Crippen LogP contribution in [0.5, 0.6) is 0 Å². The van der Waals surface area contributed by atoms with Crippen molar-refractivity contribution in [2.24, 2.45) is 17.3 Å². The Morgan fingerprint density at radius 1 is 1.25 bits per heavy atom. The van der Waals surface area contributed by atoms with Crippen LogP contribution in [-0.4, -0.2) is 11.7 Å². The van der Waals surface area contributed by atoms with E-state index in [4.69, 9.17) is 4.74 Å². The summed E-state index contributed by atoms with van der Waals surface area (Å²) in [4.78, 5) is 0. The van der Waals surface area contributed by atoms with Gasteiger partial charge >= 0.3 is 0 Å². The minimum atomic E-state index is 0.223. The number of fused-ring (bicyclic) bond motifs is 2. The number of hydrogen-bond donors (Lipinski definition) is 0. The van der Waals surface area contributed by atoms with Crippen molar-refractivity contribution in [3.8, 4) is 0 Å². The first kappa shape index (κ1) is 10.8. The van der Waals surface area contributed by atoms with Crippen LogP contribution in [0.2, 0.25) is 0 Å². The van der Waals surface area contributed by atoms with Gasteiger partial charge in [-0.25, -0.2) is 0 Å². The van der Waals surface area contributed by atoms with Crippen molar-refractivity contribution >= 4 is 0 Å². The molecule has 3 rings (SSSR count). The first-order chi connectivity index (χ1) is 7.42. The van der Waals surface area contributed by atoms with Crippen LogP contribution in [0.15, 0.2) is 12.2 Å². The third kappa shape index (κ3) is 1.48. The molecular formula is C15H24O. The van der Waals surface area contributed by atoms with Gasteiger partial charge in [0.25, 0.3) is 0 Å². The summed E-state index contributed by atoms with van der Waals surface area (Å²) < 4.78 is 5.86. The lowest BCUT2D eigenvalue weighted by molar-refractivity contribution is -0.00211. The Morgan fingerprint density at radius 3 is 2.69 bits per heavy atom. The van der Waals surface area contributed by atoms with Gasteiger partial charge in [-0.1, -0.05) is 26.0 Å². The molecule has 90 valence electrons. The van der Waals surface area contributed by atoms with Gasteiger partial charge in [0.15, 0.2) is 0 Å². The standard InChI is InChI=1S/C15H24O/c1-10-5-6-13-15(4,16-13)8-7-12-11(10)9-14(12,2)3/h11-13H,1,5-9H2,2-4H3/t11-,12+,13+,15-/m0/s1. The maximum atomic E-state index is 5.86. The summed E-state index contributed by atoms with van der Waals surface area (Å²) in [6, 6.07) is 0. The second-order valence-corrected chi connectivity index (χ2v) is 7.06. The largest absolute Gasteiger partial charge is 0.366 e. The highest BCUT2D eigenvalue weighted by molar-refractivity contribution is 5.16. The average molecular weight is 220 g/mol. The SMILES string of the molecule is C=C1CC[C@H]2O[C@@]2(C)CC[C@@H]2[C@H]1CC2(C)C. The fourth-order valence-electron chi connectivity index (χ4n) is 4.08. The molecule has 0 bridgehead atoms. The van der Waals surface area contributed by atoms with Gasteiger partial charge in [0.1, 0.15) is 0 Å². The van der Waals surface area contributed by atoms with Gasteiger partial charge in [-0.2, -0.15) is 0 Å². The third-order valence-electron chi connectivity index (χ3n) is 5.47. The zero-order valence-corrected chi connectivity index (χ0v) is 10.9. The average Bonchev–Trinajstić information content (AvgIpc) is 2.82. The summed E-state index contributed by atoms with van der Waals surface area (Å²) in [5, 5.41) is 0. The Morgan fingerprint density at radius 2 is 2.00 bits per heavy atom. The second kappa shape index (κ2) is 3.13. The molecular weight excluding hydrogens is 196 g/mol. The normalized spacial score (nSPS) is 50.2. The number of ether oxygens (including phenoxy) is 1. The Kier molecular flexibility index (Phi) is 2.12. The number of epoxide rings is 1. The van der Waals surface area contributed by atoms with Gasteiger partial charge in [0.2, 0.25) is 0 Å². The van der Waals surface area contributed by atoms with Crippen LogP contribution in [0, 0.1) is 17.3 Å². The van der Waals surface area contributed by atoms with E-state index in [0.29, 0.717) is 11.5 Å². The second-order valence-electron chi connectivity index (χ2n) is 7.06. The summed E-state index contributed by atoms with van der Waals surface area (Å²) in [7, 11) is 0. The van der Waals surface area contributed by atoms with Crippen LogP contribution in [-0.2, 0) is 4.74 Å². The quantitative estimate of drug-likeness (QED) is 0.445. The Labute approximate surface area is 99.3 Å². The maximum Gasteiger partial charge on any atom is 0.0920 e. The Balaban J connectivity index is 1.78. The minimum Gasteiger partial charge on any atom is -0.366 e. The molecule has 0 N–H and O–H groups in total. The van der Waals surface area contributed by atoms with Crippen LogP contribution < -0.4 is 0 Å². The molecule has 2 aliphatic carbocycles. The highest BCUT2D eigenvalue weighted by atomic mass is 16.6. The monoisotopic (exact) mass is 220 g/mol. The maximum absolute atomic E-state index is 5.86. The molecule has 1 aliphatic heterocycles. The van der Waals surface area contributed by atoms with Gasteiger partial charge in [0, 0.05) is 0 Å².